The monoisotopic (exact) mass is 314 g/mol. The SMILES string of the molecule is CCCCOP(=[Se])(CCCC)OCCCC. The molecular formula is C12H27O2PSe. The van der Waals surface area contributed by atoms with E-state index >= 15 is 0 Å². The molecular weight excluding hydrogens is 286 g/mol. The Morgan fingerprint density at radius 3 is 1.62 bits per heavy atom. The second-order valence-electron chi connectivity index (χ2n) is 4.06. The van der Waals surface area contributed by atoms with E-state index in [1.165, 1.54) is 25.7 Å². The van der Waals surface area contributed by atoms with Crippen molar-refractivity contribution in [3.63, 3.8) is 0 Å². The zero-order valence-electron chi connectivity index (χ0n) is 11.0. The van der Waals surface area contributed by atoms with E-state index in [1.54, 1.807) is 0 Å². The van der Waals surface area contributed by atoms with Crippen molar-refractivity contribution in [1.82, 2.24) is 0 Å². The molecule has 0 spiro atoms. The molecule has 0 atom stereocenters. The standard InChI is InChI=1S/C12H27O2PSe/c1-4-7-10-13-15(16,12-9-6-3)14-11-8-5-2/h4-12H2,1-3H3. The molecule has 0 aromatic rings. The van der Waals surface area contributed by atoms with Crippen molar-refractivity contribution in [3.8, 4) is 0 Å². The predicted molar refractivity (Wildman–Crippen MR) is 74.2 cm³/mol. The van der Waals surface area contributed by atoms with E-state index in [-0.39, 0.29) is 0 Å². The Morgan fingerprint density at radius 1 is 0.812 bits per heavy atom. The Kier molecular flexibility index (Phi) is 11.6. The van der Waals surface area contributed by atoms with Gasteiger partial charge in [0.1, 0.15) is 0 Å². The fourth-order valence-corrected chi connectivity index (χ4v) is 4.82. The van der Waals surface area contributed by atoms with Crippen LogP contribution in [0.2, 0.25) is 0 Å². The third-order valence-corrected chi connectivity index (χ3v) is 6.85. The first-order valence-corrected chi connectivity index (χ1v) is 10.6. The fraction of sp³-hybridized carbons (Fsp3) is 1.00. The van der Waals surface area contributed by atoms with E-state index in [0.29, 0.717) is 0 Å². The van der Waals surface area contributed by atoms with Gasteiger partial charge in [0.2, 0.25) is 0 Å². The van der Waals surface area contributed by atoms with Gasteiger partial charge in [0.05, 0.1) is 0 Å². The zero-order chi connectivity index (χ0) is 12.3. The van der Waals surface area contributed by atoms with Gasteiger partial charge in [-0.3, -0.25) is 0 Å². The average Bonchev–Trinajstić information content (AvgIpc) is 2.27. The summed E-state index contributed by atoms with van der Waals surface area (Å²) in [4.78, 5) is 0. The van der Waals surface area contributed by atoms with Crippen molar-refractivity contribution in [2.45, 2.75) is 59.3 Å². The van der Waals surface area contributed by atoms with E-state index in [2.05, 4.69) is 35.9 Å². The molecule has 16 heavy (non-hydrogen) atoms. The molecule has 0 bridgehead atoms. The van der Waals surface area contributed by atoms with Crippen LogP contribution in [0.1, 0.15) is 59.3 Å². The van der Waals surface area contributed by atoms with Gasteiger partial charge in [0.15, 0.2) is 0 Å². The van der Waals surface area contributed by atoms with Crippen LogP contribution in [0.4, 0.5) is 0 Å². The third-order valence-electron chi connectivity index (χ3n) is 2.36. The summed E-state index contributed by atoms with van der Waals surface area (Å²) in [6, 6.07) is 0. The normalized spacial score (nSPS) is 11.9. The van der Waals surface area contributed by atoms with Crippen molar-refractivity contribution in [1.29, 1.82) is 0 Å². The molecule has 0 heterocycles. The summed E-state index contributed by atoms with van der Waals surface area (Å²) < 4.78 is 11.9. The molecule has 0 aliphatic rings. The first-order chi connectivity index (χ1) is 7.68. The number of hydrogen-bond donors (Lipinski definition) is 0. The van der Waals surface area contributed by atoms with Crippen LogP contribution in [0, 0.1) is 0 Å². The Balaban J connectivity index is 3.97. The second kappa shape index (κ2) is 11.0. The van der Waals surface area contributed by atoms with Crippen LogP contribution in [-0.4, -0.2) is 34.5 Å². The van der Waals surface area contributed by atoms with E-state index in [1.807, 2.05) is 0 Å². The van der Waals surface area contributed by atoms with Crippen LogP contribution < -0.4 is 0 Å². The predicted octanol–water partition coefficient (Wildman–Crippen LogP) is 4.35. The molecule has 98 valence electrons. The van der Waals surface area contributed by atoms with Crippen LogP contribution in [0.15, 0.2) is 0 Å². The number of rotatable bonds is 11. The van der Waals surface area contributed by atoms with E-state index < -0.39 is 5.96 Å². The molecule has 0 N–H and O–H groups in total. The summed E-state index contributed by atoms with van der Waals surface area (Å²) in [6.45, 7) is 8.27. The maximum absolute atomic E-state index is 5.95. The van der Waals surface area contributed by atoms with E-state index in [0.717, 1.165) is 32.2 Å². The quantitative estimate of drug-likeness (QED) is 0.321. The van der Waals surface area contributed by atoms with Crippen LogP contribution in [0.25, 0.3) is 0 Å². The summed E-state index contributed by atoms with van der Waals surface area (Å²) in [5, 5.41) is 0. The van der Waals surface area contributed by atoms with Gasteiger partial charge in [-0.25, -0.2) is 0 Å². The number of hydrogen-bond acceptors (Lipinski definition) is 2. The topological polar surface area (TPSA) is 18.5 Å². The van der Waals surface area contributed by atoms with E-state index in [9.17, 15) is 0 Å². The van der Waals surface area contributed by atoms with Gasteiger partial charge in [-0.2, -0.15) is 0 Å². The second-order valence-corrected chi connectivity index (χ2v) is 9.75. The van der Waals surface area contributed by atoms with Gasteiger partial charge in [-0.05, 0) is 0 Å². The summed E-state index contributed by atoms with van der Waals surface area (Å²) in [7, 11) is 0. The van der Waals surface area contributed by atoms with Gasteiger partial charge in [0.25, 0.3) is 0 Å². The summed E-state index contributed by atoms with van der Waals surface area (Å²) in [5.41, 5.74) is 0. The molecule has 0 aromatic carbocycles. The third kappa shape index (κ3) is 8.96. The first-order valence-electron chi connectivity index (χ1n) is 6.56. The molecule has 0 unspecified atom stereocenters. The molecule has 4 heteroatoms. The molecule has 2 nitrogen and oxygen atoms in total. The molecule has 0 aromatic heterocycles. The molecule has 0 saturated carbocycles. The maximum atomic E-state index is 5.95. The van der Waals surface area contributed by atoms with Crippen LogP contribution in [-0.2, 0) is 9.05 Å². The molecule has 0 saturated heterocycles. The minimum atomic E-state index is -1.67. The van der Waals surface area contributed by atoms with Gasteiger partial charge >= 0.3 is 109 Å². The van der Waals surface area contributed by atoms with Gasteiger partial charge in [0, 0.05) is 0 Å². The Morgan fingerprint density at radius 2 is 1.25 bits per heavy atom. The molecule has 0 rings (SSSR count). The Hall–Kier alpha value is 0.869. The van der Waals surface area contributed by atoms with Gasteiger partial charge in [-0.1, -0.05) is 0 Å². The minimum absolute atomic E-state index is 0.840. The zero-order valence-corrected chi connectivity index (χ0v) is 13.6. The van der Waals surface area contributed by atoms with Crippen molar-refractivity contribution >= 4 is 21.1 Å². The molecule has 0 aliphatic carbocycles. The van der Waals surface area contributed by atoms with Gasteiger partial charge < -0.3 is 0 Å². The first kappa shape index (κ1) is 16.9. The van der Waals surface area contributed by atoms with Crippen LogP contribution in [0.3, 0.4) is 0 Å². The van der Waals surface area contributed by atoms with Crippen molar-refractivity contribution in [3.05, 3.63) is 0 Å². The molecule has 0 fully saturated rings. The summed E-state index contributed by atoms with van der Waals surface area (Å²) in [6.07, 6.45) is 8.10. The average molecular weight is 313 g/mol. The fourth-order valence-electron chi connectivity index (χ4n) is 1.21. The Bertz CT molecular complexity index is 183. The molecule has 0 radical (unpaired) electrons. The van der Waals surface area contributed by atoms with E-state index in [4.69, 9.17) is 9.05 Å². The Labute approximate surface area is 109 Å². The van der Waals surface area contributed by atoms with Crippen LogP contribution in [0.5, 0.6) is 0 Å². The molecule has 0 aliphatic heterocycles. The summed E-state index contributed by atoms with van der Waals surface area (Å²) >= 11 is 3.21. The van der Waals surface area contributed by atoms with Crippen molar-refractivity contribution in [2.24, 2.45) is 0 Å². The molecule has 0 amide bonds. The van der Waals surface area contributed by atoms with Crippen molar-refractivity contribution in [2.75, 3.05) is 19.4 Å². The van der Waals surface area contributed by atoms with Crippen LogP contribution >= 0.6 is 5.96 Å². The summed E-state index contributed by atoms with van der Waals surface area (Å²) in [5.74, 6) is -1.67. The van der Waals surface area contributed by atoms with Crippen molar-refractivity contribution < 1.29 is 9.05 Å². The number of unbranched alkanes of at least 4 members (excludes halogenated alkanes) is 3. The van der Waals surface area contributed by atoms with Gasteiger partial charge in [-0.15, -0.1) is 0 Å².